The van der Waals surface area contributed by atoms with Gasteiger partial charge in [-0.1, -0.05) is 6.07 Å². The van der Waals surface area contributed by atoms with Crippen LogP contribution in [0.3, 0.4) is 0 Å². The molecule has 0 saturated heterocycles. The number of rotatable bonds is 5. The molecule has 1 rings (SSSR count). The lowest BCUT2D eigenvalue weighted by atomic mass is 10.1. The van der Waals surface area contributed by atoms with Gasteiger partial charge in [0.1, 0.15) is 11.5 Å². The SMILES string of the molecule is COc1cccc(OC)c1CCNC(C)(C)C. The van der Waals surface area contributed by atoms with Crippen molar-refractivity contribution in [1.82, 2.24) is 5.32 Å². The Balaban J connectivity index is 2.74. The number of benzene rings is 1. The highest BCUT2D eigenvalue weighted by atomic mass is 16.5. The first-order chi connectivity index (χ1) is 7.98. The second-order valence-electron chi connectivity index (χ2n) is 5.07. The zero-order valence-electron chi connectivity index (χ0n) is 11.5. The van der Waals surface area contributed by atoms with Crippen LogP contribution in [0.25, 0.3) is 0 Å². The van der Waals surface area contributed by atoms with Gasteiger partial charge in [0.15, 0.2) is 0 Å². The third kappa shape index (κ3) is 4.27. The van der Waals surface area contributed by atoms with E-state index in [0.29, 0.717) is 0 Å². The summed E-state index contributed by atoms with van der Waals surface area (Å²) in [6, 6.07) is 5.88. The molecule has 0 aliphatic carbocycles. The van der Waals surface area contributed by atoms with E-state index in [0.717, 1.165) is 30.0 Å². The minimum Gasteiger partial charge on any atom is -0.496 e. The van der Waals surface area contributed by atoms with E-state index in [-0.39, 0.29) is 5.54 Å². The van der Waals surface area contributed by atoms with Crippen molar-refractivity contribution in [3.8, 4) is 11.5 Å². The van der Waals surface area contributed by atoms with Gasteiger partial charge in [-0.25, -0.2) is 0 Å². The predicted molar refractivity (Wildman–Crippen MR) is 71.0 cm³/mol. The zero-order chi connectivity index (χ0) is 12.9. The molecule has 0 heterocycles. The van der Waals surface area contributed by atoms with Gasteiger partial charge in [-0.15, -0.1) is 0 Å². The quantitative estimate of drug-likeness (QED) is 0.854. The molecule has 0 bridgehead atoms. The molecule has 0 atom stereocenters. The molecule has 0 amide bonds. The van der Waals surface area contributed by atoms with Crippen LogP contribution in [0.1, 0.15) is 26.3 Å². The second kappa shape index (κ2) is 5.92. The molecule has 0 spiro atoms. The molecule has 0 fully saturated rings. The van der Waals surface area contributed by atoms with E-state index < -0.39 is 0 Å². The highest BCUT2D eigenvalue weighted by Gasteiger charge is 2.12. The predicted octanol–water partition coefficient (Wildman–Crippen LogP) is 2.63. The minimum atomic E-state index is 0.134. The molecule has 1 N–H and O–H groups in total. The normalized spacial score (nSPS) is 11.4. The smallest absolute Gasteiger partial charge is 0.125 e. The van der Waals surface area contributed by atoms with Crippen LogP contribution in [0.4, 0.5) is 0 Å². The lowest BCUT2D eigenvalue weighted by Crippen LogP contribution is -2.37. The number of hydrogen-bond donors (Lipinski definition) is 1. The summed E-state index contributed by atoms with van der Waals surface area (Å²) in [4.78, 5) is 0. The van der Waals surface area contributed by atoms with E-state index in [2.05, 4.69) is 26.1 Å². The highest BCUT2D eigenvalue weighted by molar-refractivity contribution is 5.44. The molecule has 0 aliphatic heterocycles. The molecule has 0 saturated carbocycles. The largest absolute Gasteiger partial charge is 0.496 e. The summed E-state index contributed by atoms with van der Waals surface area (Å²) in [5, 5.41) is 3.46. The Morgan fingerprint density at radius 1 is 1.06 bits per heavy atom. The number of hydrogen-bond acceptors (Lipinski definition) is 3. The van der Waals surface area contributed by atoms with Crippen molar-refractivity contribution in [2.45, 2.75) is 32.7 Å². The van der Waals surface area contributed by atoms with Crippen molar-refractivity contribution >= 4 is 0 Å². The average Bonchev–Trinajstić information content (AvgIpc) is 2.27. The van der Waals surface area contributed by atoms with Gasteiger partial charge in [-0.2, -0.15) is 0 Å². The van der Waals surface area contributed by atoms with E-state index in [4.69, 9.17) is 9.47 Å². The summed E-state index contributed by atoms with van der Waals surface area (Å²) >= 11 is 0. The van der Waals surface area contributed by atoms with Crippen molar-refractivity contribution in [3.63, 3.8) is 0 Å². The number of nitrogens with one attached hydrogen (secondary N) is 1. The van der Waals surface area contributed by atoms with Crippen LogP contribution in [0.2, 0.25) is 0 Å². The topological polar surface area (TPSA) is 30.5 Å². The monoisotopic (exact) mass is 237 g/mol. The van der Waals surface area contributed by atoms with Gasteiger partial charge in [0.05, 0.1) is 14.2 Å². The lowest BCUT2D eigenvalue weighted by Gasteiger charge is -2.21. The molecule has 0 aliphatic rings. The molecule has 17 heavy (non-hydrogen) atoms. The molecule has 3 nitrogen and oxygen atoms in total. The Morgan fingerprint density at radius 2 is 1.59 bits per heavy atom. The molecule has 1 aromatic carbocycles. The summed E-state index contributed by atoms with van der Waals surface area (Å²) < 4.78 is 10.7. The average molecular weight is 237 g/mol. The molecule has 0 radical (unpaired) electrons. The van der Waals surface area contributed by atoms with Crippen LogP contribution in [0, 0.1) is 0 Å². The molecule has 0 aromatic heterocycles. The van der Waals surface area contributed by atoms with Crippen LogP contribution in [-0.2, 0) is 6.42 Å². The van der Waals surface area contributed by atoms with Crippen LogP contribution < -0.4 is 14.8 Å². The summed E-state index contributed by atoms with van der Waals surface area (Å²) in [5.74, 6) is 1.78. The van der Waals surface area contributed by atoms with Gasteiger partial charge in [-0.05, 0) is 45.9 Å². The minimum absolute atomic E-state index is 0.134. The fourth-order valence-electron chi connectivity index (χ4n) is 1.74. The first-order valence-electron chi connectivity index (χ1n) is 5.93. The fraction of sp³-hybridized carbons (Fsp3) is 0.571. The molecule has 0 unspecified atom stereocenters. The third-order valence-corrected chi connectivity index (χ3v) is 2.56. The van der Waals surface area contributed by atoms with Crippen LogP contribution >= 0.6 is 0 Å². The Kier molecular flexibility index (Phi) is 4.82. The second-order valence-corrected chi connectivity index (χ2v) is 5.07. The zero-order valence-corrected chi connectivity index (χ0v) is 11.5. The van der Waals surface area contributed by atoms with Crippen molar-refractivity contribution < 1.29 is 9.47 Å². The Bertz CT molecular complexity index is 333. The van der Waals surface area contributed by atoms with Crippen molar-refractivity contribution in [2.75, 3.05) is 20.8 Å². The standard InChI is InChI=1S/C14H23NO2/c1-14(2,3)15-10-9-11-12(16-4)7-6-8-13(11)17-5/h6-8,15H,9-10H2,1-5H3. The Labute approximate surface area is 104 Å². The Morgan fingerprint density at radius 3 is 2.00 bits per heavy atom. The maximum atomic E-state index is 5.36. The molecular formula is C14H23NO2. The van der Waals surface area contributed by atoms with Crippen LogP contribution in [-0.4, -0.2) is 26.3 Å². The summed E-state index contributed by atoms with van der Waals surface area (Å²) in [6.07, 6.45) is 0.893. The van der Waals surface area contributed by atoms with E-state index in [1.54, 1.807) is 14.2 Å². The van der Waals surface area contributed by atoms with Gasteiger partial charge in [-0.3, -0.25) is 0 Å². The van der Waals surface area contributed by atoms with Gasteiger partial charge < -0.3 is 14.8 Å². The van der Waals surface area contributed by atoms with E-state index in [1.165, 1.54) is 0 Å². The van der Waals surface area contributed by atoms with Crippen LogP contribution in [0.15, 0.2) is 18.2 Å². The summed E-state index contributed by atoms with van der Waals surface area (Å²) in [5.41, 5.74) is 1.25. The van der Waals surface area contributed by atoms with Crippen molar-refractivity contribution in [2.24, 2.45) is 0 Å². The maximum absolute atomic E-state index is 5.36. The van der Waals surface area contributed by atoms with Crippen molar-refractivity contribution in [3.05, 3.63) is 23.8 Å². The van der Waals surface area contributed by atoms with Gasteiger partial charge in [0.2, 0.25) is 0 Å². The molecule has 96 valence electrons. The number of ether oxygens (including phenoxy) is 2. The summed E-state index contributed by atoms with van der Waals surface area (Å²) in [7, 11) is 3.38. The molecule has 3 heteroatoms. The summed E-state index contributed by atoms with van der Waals surface area (Å²) in [6.45, 7) is 7.38. The van der Waals surface area contributed by atoms with Gasteiger partial charge in [0, 0.05) is 11.1 Å². The van der Waals surface area contributed by atoms with E-state index in [1.807, 2.05) is 18.2 Å². The Hall–Kier alpha value is -1.22. The first kappa shape index (κ1) is 13.8. The van der Waals surface area contributed by atoms with E-state index >= 15 is 0 Å². The molecular weight excluding hydrogens is 214 g/mol. The first-order valence-corrected chi connectivity index (χ1v) is 5.93. The highest BCUT2D eigenvalue weighted by Crippen LogP contribution is 2.28. The van der Waals surface area contributed by atoms with Crippen molar-refractivity contribution in [1.29, 1.82) is 0 Å². The lowest BCUT2D eigenvalue weighted by molar-refractivity contribution is 0.379. The van der Waals surface area contributed by atoms with Gasteiger partial charge >= 0.3 is 0 Å². The van der Waals surface area contributed by atoms with E-state index in [9.17, 15) is 0 Å². The number of methoxy groups -OCH3 is 2. The van der Waals surface area contributed by atoms with Crippen LogP contribution in [0.5, 0.6) is 11.5 Å². The molecule has 1 aromatic rings. The fourth-order valence-corrected chi connectivity index (χ4v) is 1.74. The van der Waals surface area contributed by atoms with Gasteiger partial charge in [0.25, 0.3) is 0 Å². The maximum Gasteiger partial charge on any atom is 0.125 e. The third-order valence-electron chi connectivity index (χ3n) is 2.56.